The summed E-state index contributed by atoms with van der Waals surface area (Å²) in [7, 11) is 10.3. The van der Waals surface area contributed by atoms with Gasteiger partial charge < -0.3 is 55.2 Å². The first-order valence-electron chi connectivity index (χ1n) is 30.4. The Kier molecular flexibility index (Phi) is 30.7. The molecule has 84 heavy (non-hydrogen) atoms. The molecule has 0 bridgehead atoms. The van der Waals surface area contributed by atoms with E-state index in [4.69, 9.17) is 9.47 Å². The minimum absolute atomic E-state index is 0.0519. The lowest BCUT2D eigenvalue weighted by molar-refractivity contribution is -0.155. The van der Waals surface area contributed by atoms with Crippen molar-refractivity contribution in [2.24, 2.45) is 41.4 Å². The summed E-state index contributed by atoms with van der Waals surface area (Å²) in [5.74, 6) is -7.58. The van der Waals surface area contributed by atoms with Crippen molar-refractivity contribution in [3.63, 3.8) is 0 Å². The molecule has 2 aliphatic heterocycles. The number of likely N-dealkylation sites (tertiary alicyclic amines) is 1. The summed E-state index contributed by atoms with van der Waals surface area (Å²) in [6.45, 7) is 28.5. The second-order valence-electron chi connectivity index (χ2n) is 26.5. The summed E-state index contributed by atoms with van der Waals surface area (Å²) >= 11 is 0. The molecule has 484 valence electrons. The highest BCUT2D eigenvalue weighted by atomic mass is 16.6. The van der Waals surface area contributed by atoms with Gasteiger partial charge in [-0.1, -0.05) is 90.0 Å². The Morgan fingerprint density at radius 3 is 1.55 bits per heavy atom. The number of aliphatic hydroxyl groups is 2. The van der Waals surface area contributed by atoms with Gasteiger partial charge in [0.05, 0.1) is 37.2 Å². The van der Waals surface area contributed by atoms with Gasteiger partial charge in [0, 0.05) is 55.4 Å². The van der Waals surface area contributed by atoms with Crippen LogP contribution in [0.25, 0.3) is 0 Å². The number of nitrogens with zero attached hydrogens (tertiary/aromatic N) is 7. The van der Waals surface area contributed by atoms with E-state index in [1.807, 2.05) is 74.1 Å². The van der Waals surface area contributed by atoms with Crippen molar-refractivity contribution in [3.8, 4) is 0 Å². The third kappa shape index (κ3) is 22.1. The number of carbonyl (C=O) groups is 9. The Bertz CT molecular complexity index is 2170. The summed E-state index contributed by atoms with van der Waals surface area (Å²) in [5.41, 5.74) is 0. The molecule has 2 heterocycles. The number of hydrogen-bond acceptors (Lipinski definition) is 16. The average Bonchev–Trinajstić information content (AvgIpc) is 3.55. The lowest BCUT2D eigenvalue weighted by Crippen LogP contribution is -2.64. The van der Waals surface area contributed by atoms with Crippen molar-refractivity contribution in [3.05, 3.63) is 0 Å². The summed E-state index contributed by atoms with van der Waals surface area (Å²) in [5, 5.41) is 35.5. The van der Waals surface area contributed by atoms with Crippen molar-refractivity contribution in [1.29, 1.82) is 0 Å². The number of cyclic esters (lactones) is 2. The maximum atomic E-state index is 15.2. The van der Waals surface area contributed by atoms with Crippen molar-refractivity contribution in [2.45, 2.75) is 215 Å². The molecule has 2 rings (SSSR count). The maximum Gasteiger partial charge on any atom is 0.417 e. The zero-order valence-corrected chi connectivity index (χ0v) is 55.1. The molecule has 2 aliphatic rings. The number of aliphatic hydroxyl groups excluding tert-OH is 2. The summed E-state index contributed by atoms with van der Waals surface area (Å²) < 4.78 is 10.9. The molecule has 2 saturated heterocycles. The highest BCUT2D eigenvalue weighted by molar-refractivity contribution is 5.98. The number of amides is 8. The van der Waals surface area contributed by atoms with E-state index in [0.29, 0.717) is 38.9 Å². The molecule has 6 N–H and O–H groups in total. The predicted molar refractivity (Wildman–Crippen MR) is 321 cm³/mol. The van der Waals surface area contributed by atoms with Crippen LogP contribution >= 0.6 is 0 Å². The van der Waals surface area contributed by atoms with Crippen LogP contribution in [0.15, 0.2) is 0 Å². The zero-order chi connectivity index (χ0) is 64.5. The largest absolute Gasteiger partial charge is 0.417 e. The topological polar surface area (TPSA) is 283 Å². The van der Waals surface area contributed by atoms with Gasteiger partial charge >= 0.3 is 12.1 Å². The summed E-state index contributed by atoms with van der Waals surface area (Å²) in [6, 6.07) is -9.27. The van der Waals surface area contributed by atoms with Crippen LogP contribution < -0.4 is 21.3 Å². The van der Waals surface area contributed by atoms with Crippen molar-refractivity contribution < 1.29 is 62.8 Å². The van der Waals surface area contributed by atoms with Crippen molar-refractivity contribution in [1.82, 2.24) is 55.6 Å². The Morgan fingerprint density at radius 2 is 1.06 bits per heavy atom. The van der Waals surface area contributed by atoms with Gasteiger partial charge in [0.2, 0.25) is 41.4 Å². The molecule has 0 aromatic heterocycles. The monoisotopic (exact) mass is 1190 g/mol. The maximum absolute atomic E-state index is 15.2. The van der Waals surface area contributed by atoms with E-state index in [9.17, 15) is 48.6 Å². The van der Waals surface area contributed by atoms with Crippen LogP contribution in [0, 0.1) is 41.4 Å². The number of esters is 1. The summed E-state index contributed by atoms with van der Waals surface area (Å²) in [6.07, 6.45) is -3.64. The van der Waals surface area contributed by atoms with Gasteiger partial charge in [-0.05, 0) is 107 Å². The molecule has 0 aliphatic carbocycles. The average molecular weight is 1190 g/mol. The highest BCUT2D eigenvalue weighted by Crippen LogP contribution is 2.25. The van der Waals surface area contributed by atoms with Crippen molar-refractivity contribution in [2.75, 3.05) is 75.6 Å². The number of nitrogens with one attached hydrogen (secondary N) is 4. The Morgan fingerprint density at radius 1 is 0.571 bits per heavy atom. The molecule has 0 aromatic rings. The van der Waals surface area contributed by atoms with Gasteiger partial charge in [0.25, 0.3) is 0 Å². The SMILES string of the molecule is COC1CN(CC[C@@H](C)[C@@H](O)C2C(=O)NC([C@@H](C)O)C(=O)N(C)CC(=O)N(C)[C@@H](CC(C)C)C(=O)N[C@H](CC(C)C)N(C)[C@H](CC(C)C)N[C@H](C)C(=O)OC(=O)N(C)[C@H](CC(C)C)C(=O)N[C@H](CC(C)C)C(=O)N(C)C(C(C)C)C(=O)N2C)C1. The fourth-order valence-corrected chi connectivity index (χ4v) is 10.9. The molecule has 24 nitrogen and oxygen atoms in total. The van der Waals surface area contributed by atoms with Crippen LogP contribution in [0.5, 0.6) is 0 Å². The molecule has 24 heteroatoms. The van der Waals surface area contributed by atoms with Crippen LogP contribution in [0.1, 0.15) is 142 Å². The van der Waals surface area contributed by atoms with E-state index in [1.165, 1.54) is 52.0 Å². The van der Waals surface area contributed by atoms with Crippen LogP contribution in [0.4, 0.5) is 4.79 Å². The number of methoxy groups -OCH3 is 1. The fourth-order valence-electron chi connectivity index (χ4n) is 10.9. The molecular weight excluding hydrogens is 1080 g/mol. The molecule has 0 spiro atoms. The van der Waals surface area contributed by atoms with Crippen LogP contribution in [0.2, 0.25) is 0 Å². The molecule has 0 radical (unpaired) electrons. The third-order valence-electron chi connectivity index (χ3n) is 16.1. The van der Waals surface area contributed by atoms with Crippen molar-refractivity contribution >= 4 is 53.4 Å². The molecular formula is C60H111N11O13. The first-order chi connectivity index (χ1) is 38.9. The van der Waals surface area contributed by atoms with E-state index < -0.39 is 139 Å². The first-order valence-corrected chi connectivity index (χ1v) is 30.4. The zero-order valence-electron chi connectivity index (χ0n) is 55.1. The van der Waals surface area contributed by atoms with Crippen LogP contribution in [-0.4, -0.2) is 246 Å². The van der Waals surface area contributed by atoms with Gasteiger partial charge in [-0.2, -0.15) is 0 Å². The first kappa shape index (κ1) is 75.1. The van der Waals surface area contributed by atoms with E-state index in [1.54, 1.807) is 41.9 Å². The predicted octanol–water partition coefficient (Wildman–Crippen LogP) is 2.54. The lowest BCUT2D eigenvalue weighted by Gasteiger charge is -2.41. The molecule has 0 saturated carbocycles. The van der Waals surface area contributed by atoms with Crippen LogP contribution in [-0.2, 0) is 47.8 Å². The number of hydrogen-bond donors (Lipinski definition) is 6. The number of rotatable bonds is 18. The number of likely N-dealkylation sites (N-methyl/N-ethyl adjacent to an activating group) is 5. The quantitative estimate of drug-likeness (QED) is 0.0850. The minimum atomic E-state index is -1.70. The molecule has 12 atom stereocenters. The molecule has 0 aromatic carbocycles. The Balaban J connectivity index is 2.95. The summed E-state index contributed by atoms with van der Waals surface area (Å²) in [4.78, 5) is 141. The van der Waals surface area contributed by atoms with Gasteiger partial charge in [0.1, 0.15) is 42.3 Å². The standard InChI is InChI=1S/C60H111N11O13/c1-33(2)25-43-56(78)69(20)50(38(11)12)58(80)70(21)51(52(74)39(13)23-24-71-30-42(31-71)83-22)55(77)64-49(41(15)72)57(79)65(16)32-48(73)66(17)44(26-34(3)4)54(76)63-47(29-37(9)10)68(19)46(28-36(7)8)61-40(14)59(81)84-60(82)67(18)45(27-35(5)6)53(75)62-43/h33-47,49-52,61,72,74H,23-32H2,1-22H3,(H,62,75)(H,63,76)(H,64,77)/t39-,40-,41-,43-,44+,45-,46-,47+,49?,50?,51?,52-/m1/s1. The second kappa shape index (κ2) is 34.4. The fraction of sp³-hybridized carbons (Fsp3) is 0.850. The highest BCUT2D eigenvalue weighted by Gasteiger charge is 2.45. The smallest absolute Gasteiger partial charge is 0.391 e. The second-order valence-corrected chi connectivity index (χ2v) is 26.5. The minimum Gasteiger partial charge on any atom is -0.391 e. The van der Waals surface area contributed by atoms with E-state index >= 15 is 4.79 Å². The molecule has 3 unspecified atom stereocenters. The number of carbonyl (C=O) groups excluding carboxylic acids is 9. The van der Waals surface area contributed by atoms with Gasteiger partial charge in [-0.15, -0.1) is 0 Å². The lowest BCUT2D eigenvalue weighted by atomic mass is 9.91. The number of ether oxygens (including phenoxy) is 2. The Hall–Kier alpha value is -5.01. The van der Waals surface area contributed by atoms with Gasteiger partial charge in [-0.25, -0.2) is 9.59 Å². The third-order valence-corrected chi connectivity index (χ3v) is 16.1. The van der Waals surface area contributed by atoms with Gasteiger partial charge in [-0.3, -0.25) is 53.6 Å². The van der Waals surface area contributed by atoms with E-state index in [-0.39, 0.29) is 55.0 Å². The van der Waals surface area contributed by atoms with Crippen LogP contribution in [0.3, 0.4) is 0 Å². The van der Waals surface area contributed by atoms with Gasteiger partial charge in [0.15, 0.2) is 0 Å². The van der Waals surface area contributed by atoms with E-state index in [2.05, 4.69) is 26.2 Å². The molecule has 8 amide bonds. The van der Waals surface area contributed by atoms with E-state index in [0.717, 1.165) is 14.7 Å². The normalized spacial score (nSPS) is 27.5. The molecule has 2 fully saturated rings. The Labute approximate surface area is 502 Å².